The SMILES string of the molecule is C#Cc1cccc(NC(=O)c2[nH]c(C)c(C(=O)OC)c2C)c1. The summed E-state index contributed by atoms with van der Waals surface area (Å²) in [6.07, 6.45) is 5.34. The van der Waals surface area contributed by atoms with Crippen LogP contribution in [0.25, 0.3) is 0 Å². The zero-order valence-corrected chi connectivity index (χ0v) is 12.6. The summed E-state index contributed by atoms with van der Waals surface area (Å²) in [5.74, 6) is 1.69. The second kappa shape index (κ2) is 6.19. The van der Waals surface area contributed by atoms with Gasteiger partial charge >= 0.3 is 5.97 Å². The minimum atomic E-state index is -0.473. The van der Waals surface area contributed by atoms with Gasteiger partial charge in [-0.2, -0.15) is 0 Å². The highest BCUT2D eigenvalue weighted by Crippen LogP contribution is 2.20. The summed E-state index contributed by atoms with van der Waals surface area (Å²) in [7, 11) is 1.30. The van der Waals surface area contributed by atoms with Crippen molar-refractivity contribution in [2.24, 2.45) is 0 Å². The fraction of sp³-hybridized carbons (Fsp3) is 0.176. The molecule has 22 heavy (non-hydrogen) atoms. The number of hydrogen-bond acceptors (Lipinski definition) is 3. The molecular formula is C17H16N2O3. The second-order valence-corrected chi connectivity index (χ2v) is 4.80. The summed E-state index contributed by atoms with van der Waals surface area (Å²) in [5.41, 5.74) is 3.11. The molecule has 2 N–H and O–H groups in total. The average molecular weight is 296 g/mol. The van der Waals surface area contributed by atoms with Gasteiger partial charge in [-0.25, -0.2) is 4.79 Å². The van der Waals surface area contributed by atoms with E-state index < -0.39 is 5.97 Å². The number of rotatable bonds is 3. The Hall–Kier alpha value is -3.00. The summed E-state index contributed by atoms with van der Waals surface area (Å²) in [6.45, 7) is 3.41. The van der Waals surface area contributed by atoms with E-state index in [4.69, 9.17) is 11.2 Å². The first-order chi connectivity index (χ1) is 10.5. The fourth-order valence-corrected chi connectivity index (χ4v) is 2.27. The Morgan fingerprint density at radius 2 is 2.05 bits per heavy atom. The molecule has 2 rings (SSSR count). The van der Waals surface area contributed by atoms with Crippen LogP contribution in [0.15, 0.2) is 24.3 Å². The van der Waals surface area contributed by atoms with Crippen LogP contribution < -0.4 is 5.32 Å². The van der Waals surface area contributed by atoms with E-state index in [0.717, 1.165) is 0 Å². The Morgan fingerprint density at radius 1 is 1.32 bits per heavy atom. The number of aromatic amines is 1. The van der Waals surface area contributed by atoms with Gasteiger partial charge in [0.15, 0.2) is 0 Å². The molecule has 0 aliphatic rings. The normalized spacial score (nSPS) is 9.91. The Bertz CT molecular complexity index is 782. The van der Waals surface area contributed by atoms with E-state index in [-0.39, 0.29) is 5.91 Å². The molecule has 1 aromatic carbocycles. The van der Waals surface area contributed by atoms with Crippen LogP contribution in [0.2, 0.25) is 0 Å². The van der Waals surface area contributed by atoms with E-state index >= 15 is 0 Å². The van der Waals surface area contributed by atoms with Gasteiger partial charge in [-0.15, -0.1) is 6.42 Å². The topological polar surface area (TPSA) is 71.2 Å². The van der Waals surface area contributed by atoms with Crippen LogP contribution in [0.4, 0.5) is 5.69 Å². The van der Waals surface area contributed by atoms with E-state index in [1.54, 1.807) is 38.1 Å². The maximum absolute atomic E-state index is 12.4. The van der Waals surface area contributed by atoms with Crippen molar-refractivity contribution in [3.63, 3.8) is 0 Å². The number of nitrogens with one attached hydrogen (secondary N) is 2. The maximum atomic E-state index is 12.4. The number of anilines is 1. The van der Waals surface area contributed by atoms with E-state index in [9.17, 15) is 9.59 Å². The van der Waals surface area contributed by atoms with E-state index in [1.165, 1.54) is 7.11 Å². The van der Waals surface area contributed by atoms with Crippen molar-refractivity contribution in [1.82, 2.24) is 4.98 Å². The number of carbonyl (C=O) groups excluding carboxylic acids is 2. The first-order valence-corrected chi connectivity index (χ1v) is 6.63. The molecule has 0 aliphatic heterocycles. The monoisotopic (exact) mass is 296 g/mol. The van der Waals surface area contributed by atoms with Crippen LogP contribution in [0.3, 0.4) is 0 Å². The number of carbonyl (C=O) groups is 2. The standard InChI is InChI=1S/C17H16N2O3/c1-5-12-7-6-8-13(9-12)19-16(20)15-10(2)14(11(3)18-15)17(21)22-4/h1,6-9,18H,2-4H3,(H,19,20). The average Bonchev–Trinajstić information content (AvgIpc) is 2.81. The van der Waals surface area contributed by atoms with Crippen LogP contribution in [0.5, 0.6) is 0 Å². The van der Waals surface area contributed by atoms with Crippen LogP contribution >= 0.6 is 0 Å². The molecular weight excluding hydrogens is 280 g/mol. The quantitative estimate of drug-likeness (QED) is 0.675. The lowest BCUT2D eigenvalue weighted by molar-refractivity contribution is 0.0599. The summed E-state index contributed by atoms with van der Waals surface area (Å²) in [6, 6.07) is 6.97. The largest absolute Gasteiger partial charge is 0.465 e. The maximum Gasteiger partial charge on any atom is 0.339 e. The van der Waals surface area contributed by atoms with Gasteiger partial charge in [-0.1, -0.05) is 12.0 Å². The molecule has 0 fully saturated rings. The molecule has 2 aromatic rings. The zero-order valence-electron chi connectivity index (χ0n) is 12.6. The van der Waals surface area contributed by atoms with Crippen LogP contribution in [-0.2, 0) is 4.74 Å². The van der Waals surface area contributed by atoms with Crippen molar-refractivity contribution in [3.05, 3.63) is 52.3 Å². The summed E-state index contributed by atoms with van der Waals surface area (Å²) >= 11 is 0. The van der Waals surface area contributed by atoms with E-state index in [0.29, 0.717) is 33.8 Å². The third-order valence-corrected chi connectivity index (χ3v) is 3.34. The molecule has 0 saturated heterocycles. The fourth-order valence-electron chi connectivity index (χ4n) is 2.27. The molecule has 0 unspecified atom stereocenters. The van der Waals surface area contributed by atoms with Gasteiger partial charge in [0.2, 0.25) is 0 Å². The van der Waals surface area contributed by atoms with Gasteiger partial charge in [0, 0.05) is 16.9 Å². The molecule has 1 amide bonds. The summed E-state index contributed by atoms with van der Waals surface area (Å²) in [5, 5.41) is 2.75. The van der Waals surface area contributed by atoms with Crippen molar-refractivity contribution < 1.29 is 14.3 Å². The third kappa shape index (κ3) is 2.86. The van der Waals surface area contributed by atoms with E-state index in [2.05, 4.69) is 16.2 Å². The summed E-state index contributed by atoms with van der Waals surface area (Å²) < 4.78 is 4.73. The van der Waals surface area contributed by atoms with Gasteiger partial charge in [0.05, 0.1) is 12.7 Å². The minimum Gasteiger partial charge on any atom is -0.465 e. The smallest absolute Gasteiger partial charge is 0.339 e. The molecule has 1 heterocycles. The molecule has 0 spiro atoms. The van der Waals surface area contributed by atoms with Gasteiger partial charge < -0.3 is 15.0 Å². The molecule has 5 nitrogen and oxygen atoms in total. The molecule has 0 aliphatic carbocycles. The Labute approximate surface area is 128 Å². The number of methoxy groups -OCH3 is 1. The number of ether oxygens (including phenoxy) is 1. The predicted octanol–water partition coefficient (Wildman–Crippen LogP) is 2.65. The number of hydrogen-bond donors (Lipinski definition) is 2. The lowest BCUT2D eigenvalue weighted by Crippen LogP contribution is -2.14. The molecule has 5 heteroatoms. The Morgan fingerprint density at radius 3 is 2.68 bits per heavy atom. The lowest BCUT2D eigenvalue weighted by atomic mass is 10.1. The molecule has 0 atom stereocenters. The van der Waals surface area contributed by atoms with Crippen LogP contribution in [0.1, 0.15) is 37.7 Å². The van der Waals surface area contributed by atoms with Crippen molar-refractivity contribution in [2.45, 2.75) is 13.8 Å². The van der Waals surface area contributed by atoms with Crippen molar-refractivity contribution in [2.75, 3.05) is 12.4 Å². The molecule has 0 saturated carbocycles. The van der Waals surface area contributed by atoms with Gasteiger partial charge in [0.1, 0.15) is 5.69 Å². The number of esters is 1. The van der Waals surface area contributed by atoms with Gasteiger partial charge in [0.25, 0.3) is 5.91 Å². The van der Waals surface area contributed by atoms with Crippen LogP contribution in [0, 0.1) is 26.2 Å². The zero-order chi connectivity index (χ0) is 16.3. The molecule has 0 radical (unpaired) electrons. The highest BCUT2D eigenvalue weighted by Gasteiger charge is 2.22. The Balaban J connectivity index is 2.31. The first-order valence-electron chi connectivity index (χ1n) is 6.63. The van der Waals surface area contributed by atoms with Gasteiger partial charge in [-0.3, -0.25) is 4.79 Å². The molecule has 112 valence electrons. The number of benzene rings is 1. The lowest BCUT2D eigenvalue weighted by Gasteiger charge is -2.05. The van der Waals surface area contributed by atoms with Crippen molar-refractivity contribution in [3.8, 4) is 12.3 Å². The minimum absolute atomic E-state index is 0.323. The second-order valence-electron chi connectivity index (χ2n) is 4.80. The number of terminal acetylenes is 1. The van der Waals surface area contributed by atoms with Gasteiger partial charge in [-0.05, 0) is 37.6 Å². The number of amides is 1. The van der Waals surface area contributed by atoms with Crippen molar-refractivity contribution in [1.29, 1.82) is 0 Å². The van der Waals surface area contributed by atoms with Crippen molar-refractivity contribution >= 4 is 17.6 Å². The number of aromatic nitrogens is 1. The van der Waals surface area contributed by atoms with E-state index in [1.807, 2.05) is 0 Å². The Kier molecular flexibility index (Phi) is 4.33. The predicted molar refractivity (Wildman–Crippen MR) is 83.9 cm³/mol. The molecule has 1 aromatic heterocycles. The number of H-pyrrole nitrogens is 1. The number of aryl methyl sites for hydroxylation is 1. The first kappa shape index (κ1) is 15.4. The molecule has 0 bridgehead atoms. The third-order valence-electron chi connectivity index (χ3n) is 3.34. The highest BCUT2D eigenvalue weighted by atomic mass is 16.5. The highest BCUT2D eigenvalue weighted by molar-refractivity contribution is 6.06. The summed E-state index contributed by atoms with van der Waals surface area (Å²) in [4.78, 5) is 27.0. The van der Waals surface area contributed by atoms with Crippen LogP contribution in [-0.4, -0.2) is 24.0 Å².